The maximum absolute atomic E-state index is 12.8. The second-order valence-corrected chi connectivity index (χ2v) is 6.89. The number of nitrogen functional groups attached to an aromatic ring is 1. The minimum absolute atomic E-state index is 0.0351. The highest BCUT2D eigenvalue weighted by molar-refractivity contribution is 6.00. The van der Waals surface area contributed by atoms with Crippen LogP contribution in [-0.2, 0) is 13.7 Å². The summed E-state index contributed by atoms with van der Waals surface area (Å²) in [5.74, 6) is 1.47. The number of carbonyl (C=O) groups is 1. The summed E-state index contributed by atoms with van der Waals surface area (Å²) in [6.07, 6.45) is 2.99. The Kier molecular flexibility index (Phi) is 4.74. The predicted octanol–water partition coefficient (Wildman–Crippen LogP) is 1.02. The van der Waals surface area contributed by atoms with E-state index in [1.165, 1.54) is 6.20 Å². The predicted molar refractivity (Wildman–Crippen MR) is 102 cm³/mol. The van der Waals surface area contributed by atoms with Crippen molar-refractivity contribution < 1.29 is 9.90 Å². The molecule has 0 saturated heterocycles. The van der Waals surface area contributed by atoms with E-state index in [1.54, 1.807) is 0 Å². The van der Waals surface area contributed by atoms with Gasteiger partial charge in [0, 0.05) is 30.8 Å². The van der Waals surface area contributed by atoms with Gasteiger partial charge in [0.2, 0.25) is 5.95 Å². The van der Waals surface area contributed by atoms with Gasteiger partial charge in [0.1, 0.15) is 12.4 Å². The van der Waals surface area contributed by atoms with Crippen molar-refractivity contribution in [3.8, 4) is 11.3 Å². The first-order valence-corrected chi connectivity index (χ1v) is 9.04. The van der Waals surface area contributed by atoms with E-state index in [2.05, 4.69) is 25.5 Å². The van der Waals surface area contributed by atoms with Gasteiger partial charge in [-0.25, -0.2) is 9.97 Å². The zero-order chi connectivity index (χ0) is 19.7. The third-order valence-corrected chi connectivity index (χ3v) is 5.08. The number of hydrogen-bond donors (Lipinski definition) is 3. The maximum atomic E-state index is 12.8. The van der Waals surface area contributed by atoms with Crippen molar-refractivity contribution in [2.75, 3.05) is 5.73 Å². The van der Waals surface area contributed by atoms with E-state index < -0.39 is 0 Å². The quantitative estimate of drug-likeness (QED) is 0.603. The highest BCUT2D eigenvalue weighted by atomic mass is 16.3. The highest BCUT2D eigenvalue weighted by Gasteiger charge is 2.35. The molecule has 144 valence electrons. The number of aliphatic hydroxyl groups excluding tert-OH is 1. The van der Waals surface area contributed by atoms with Crippen LogP contribution in [-0.4, -0.2) is 41.8 Å². The molecule has 9 nitrogen and oxygen atoms in total. The van der Waals surface area contributed by atoms with Gasteiger partial charge < -0.3 is 20.7 Å². The highest BCUT2D eigenvalue weighted by Crippen LogP contribution is 2.36. The molecule has 4 rings (SSSR count). The monoisotopic (exact) mass is 379 g/mol. The minimum Gasteiger partial charge on any atom is -0.388 e. The summed E-state index contributed by atoms with van der Waals surface area (Å²) < 4.78 is 1.81. The lowest BCUT2D eigenvalue weighted by molar-refractivity contribution is 0.0907. The van der Waals surface area contributed by atoms with Gasteiger partial charge >= 0.3 is 0 Å². The van der Waals surface area contributed by atoms with Crippen molar-refractivity contribution in [2.24, 2.45) is 7.05 Å². The van der Waals surface area contributed by atoms with Crippen LogP contribution < -0.4 is 11.1 Å². The van der Waals surface area contributed by atoms with Crippen molar-refractivity contribution in [3.63, 3.8) is 0 Å². The van der Waals surface area contributed by atoms with Crippen LogP contribution in [0.2, 0.25) is 0 Å². The van der Waals surface area contributed by atoms with Crippen molar-refractivity contribution in [2.45, 2.75) is 31.4 Å². The topological polar surface area (TPSA) is 132 Å². The molecule has 1 aliphatic rings. The molecule has 0 unspecified atom stereocenters. The van der Waals surface area contributed by atoms with Gasteiger partial charge in [0.25, 0.3) is 5.91 Å². The number of aromatic nitrogens is 5. The number of anilines is 1. The largest absolute Gasteiger partial charge is 0.388 e. The van der Waals surface area contributed by atoms with Crippen LogP contribution in [0.5, 0.6) is 0 Å². The first-order valence-electron chi connectivity index (χ1n) is 9.04. The summed E-state index contributed by atoms with van der Waals surface area (Å²) >= 11 is 0. The van der Waals surface area contributed by atoms with Crippen LogP contribution in [0.25, 0.3) is 11.3 Å². The summed E-state index contributed by atoms with van der Waals surface area (Å²) in [4.78, 5) is 21.1. The number of nitrogens with one attached hydrogen (secondary N) is 1. The zero-order valence-corrected chi connectivity index (χ0v) is 15.4. The lowest BCUT2D eigenvalue weighted by atomic mass is 9.79. The molecule has 1 aromatic carbocycles. The number of amides is 1. The Morgan fingerprint density at radius 1 is 1.29 bits per heavy atom. The van der Waals surface area contributed by atoms with E-state index >= 15 is 0 Å². The Bertz CT molecular complexity index is 997. The molecule has 1 fully saturated rings. The van der Waals surface area contributed by atoms with Crippen LogP contribution in [0.1, 0.15) is 40.8 Å². The summed E-state index contributed by atoms with van der Waals surface area (Å²) in [5, 5.41) is 20.4. The van der Waals surface area contributed by atoms with Crippen LogP contribution in [0.4, 0.5) is 5.95 Å². The number of nitrogens with two attached hydrogens (primary N) is 1. The number of aliphatic hydroxyl groups is 1. The Morgan fingerprint density at radius 3 is 2.71 bits per heavy atom. The maximum Gasteiger partial charge on any atom is 0.255 e. The first-order chi connectivity index (χ1) is 13.6. The smallest absolute Gasteiger partial charge is 0.255 e. The molecule has 9 heteroatoms. The fourth-order valence-electron chi connectivity index (χ4n) is 3.46. The van der Waals surface area contributed by atoms with E-state index in [0.717, 1.165) is 24.2 Å². The van der Waals surface area contributed by atoms with Crippen LogP contribution >= 0.6 is 0 Å². The summed E-state index contributed by atoms with van der Waals surface area (Å²) in [7, 11) is 1.84. The second kappa shape index (κ2) is 7.35. The molecule has 28 heavy (non-hydrogen) atoms. The number of carbonyl (C=O) groups excluding carboxylic acids is 1. The first kappa shape index (κ1) is 18.1. The molecule has 4 N–H and O–H groups in total. The van der Waals surface area contributed by atoms with Crippen molar-refractivity contribution in [1.82, 2.24) is 30.0 Å². The Hall–Kier alpha value is -3.33. The normalized spacial score (nSPS) is 18.5. The number of hydrogen-bond acceptors (Lipinski definition) is 7. The zero-order valence-electron chi connectivity index (χ0n) is 15.4. The molecular weight excluding hydrogens is 358 g/mol. The van der Waals surface area contributed by atoms with Crippen LogP contribution in [0.3, 0.4) is 0 Å². The molecule has 0 bridgehead atoms. The number of nitrogens with zero attached hydrogens (tertiary/aromatic N) is 5. The van der Waals surface area contributed by atoms with Gasteiger partial charge in [-0.2, -0.15) is 0 Å². The lowest BCUT2D eigenvalue weighted by Gasteiger charge is -2.35. The van der Waals surface area contributed by atoms with Crippen LogP contribution in [0, 0.1) is 0 Å². The molecule has 1 saturated carbocycles. The van der Waals surface area contributed by atoms with Gasteiger partial charge in [0.05, 0.1) is 11.3 Å². The summed E-state index contributed by atoms with van der Waals surface area (Å²) in [5.41, 5.74) is 7.45. The van der Waals surface area contributed by atoms with E-state index in [0.29, 0.717) is 17.1 Å². The lowest BCUT2D eigenvalue weighted by Crippen LogP contribution is -2.44. The fraction of sp³-hybridized carbons (Fsp3) is 0.316. The third kappa shape index (κ3) is 3.31. The van der Waals surface area contributed by atoms with Gasteiger partial charge in [-0.15, -0.1) is 10.2 Å². The van der Waals surface area contributed by atoms with E-state index in [1.807, 2.05) is 41.9 Å². The summed E-state index contributed by atoms with van der Waals surface area (Å²) in [6, 6.07) is 9.46. The minimum atomic E-state index is -0.226. The Balaban J connectivity index is 1.46. The average molecular weight is 379 g/mol. The van der Waals surface area contributed by atoms with Crippen molar-refractivity contribution >= 4 is 11.9 Å². The molecule has 3 aromatic rings. The molecule has 0 radical (unpaired) electrons. The van der Waals surface area contributed by atoms with E-state index in [-0.39, 0.29) is 30.4 Å². The van der Waals surface area contributed by atoms with Gasteiger partial charge in [-0.1, -0.05) is 30.3 Å². The SMILES string of the molecule is Cn1c(CO)nnc1C1CC(NC(=O)c2cnc(N)nc2-c2ccccc2)C1. The molecule has 1 aliphatic carbocycles. The fourth-order valence-corrected chi connectivity index (χ4v) is 3.46. The number of rotatable bonds is 5. The standard InChI is InChI=1S/C19H21N7O2/c1-26-15(10-27)24-25-17(26)12-7-13(8-12)22-18(28)14-9-21-19(20)23-16(14)11-5-3-2-4-6-11/h2-6,9,12-13,27H,7-8,10H2,1H3,(H,22,28)(H2,20,21,23). The second-order valence-electron chi connectivity index (χ2n) is 6.89. The van der Waals surface area contributed by atoms with E-state index in [9.17, 15) is 9.90 Å². The molecule has 1 amide bonds. The molecular formula is C19H21N7O2. The Morgan fingerprint density at radius 2 is 2.04 bits per heavy atom. The number of benzene rings is 1. The van der Waals surface area contributed by atoms with Crippen molar-refractivity contribution in [1.29, 1.82) is 0 Å². The van der Waals surface area contributed by atoms with Crippen molar-refractivity contribution in [3.05, 3.63) is 53.7 Å². The van der Waals surface area contributed by atoms with Gasteiger partial charge in [-0.05, 0) is 12.8 Å². The van der Waals surface area contributed by atoms with Crippen LogP contribution in [0.15, 0.2) is 36.5 Å². The Labute approximate surface area is 161 Å². The molecule has 0 spiro atoms. The summed E-state index contributed by atoms with van der Waals surface area (Å²) in [6.45, 7) is -0.143. The molecule has 2 heterocycles. The molecule has 2 aromatic heterocycles. The third-order valence-electron chi connectivity index (χ3n) is 5.08. The van der Waals surface area contributed by atoms with Gasteiger partial charge in [-0.3, -0.25) is 4.79 Å². The van der Waals surface area contributed by atoms with Gasteiger partial charge in [0.15, 0.2) is 5.82 Å². The molecule has 0 aliphatic heterocycles. The molecule has 0 atom stereocenters. The average Bonchev–Trinajstić information content (AvgIpc) is 3.05. The van der Waals surface area contributed by atoms with E-state index in [4.69, 9.17) is 5.73 Å².